The van der Waals surface area contributed by atoms with Crippen LogP contribution < -0.4 is 25.5 Å². The summed E-state index contributed by atoms with van der Waals surface area (Å²) in [7, 11) is -0.630. The molecule has 0 bridgehead atoms. The number of para-hydroxylation sites is 1. The Morgan fingerprint density at radius 2 is 1.89 bits per heavy atom. The predicted molar refractivity (Wildman–Crippen MR) is 176 cm³/mol. The van der Waals surface area contributed by atoms with Gasteiger partial charge in [-0.05, 0) is 73.8 Å². The van der Waals surface area contributed by atoms with E-state index >= 15 is 0 Å². The Morgan fingerprint density at radius 1 is 1.14 bits per heavy atom. The summed E-state index contributed by atoms with van der Waals surface area (Å²) < 4.78 is 12.5. The molecule has 0 aliphatic carbocycles. The van der Waals surface area contributed by atoms with E-state index in [9.17, 15) is 14.7 Å². The second kappa shape index (κ2) is 12.1. The van der Waals surface area contributed by atoms with Crippen LogP contribution >= 0.6 is 0 Å². The van der Waals surface area contributed by atoms with Gasteiger partial charge in [0.25, 0.3) is 5.91 Å². The van der Waals surface area contributed by atoms with Crippen molar-refractivity contribution in [3.05, 3.63) is 78.4 Å². The molecule has 3 aromatic rings. The number of fused-ring (bicyclic) bond motifs is 2. The van der Waals surface area contributed by atoms with Crippen LogP contribution in [0.3, 0.4) is 0 Å². The van der Waals surface area contributed by atoms with Crippen LogP contribution in [0.5, 0.6) is 5.75 Å². The van der Waals surface area contributed by atoms with Gasteiger partial charge in [0.05, 0.1) is 32.9 Å². The highest BCUT2D eigenvalue weighted by atomic mass is 28.3. The van der Waals surface area contributed by atoms with Crippen LogP contribution in [0.25, 0.3) is 0 Å². The Morgan fingerprint density at radius 3 is 2.55 bits per heavy atom. The molecule has 3 aromatic carbocycles. The Labute approximate surface area is 260 Å². The van der Waals surface area contributed by atoms with E-state index in [4.69, 9.17) is 9.47 Å². The average molecular weight is 614 g/mol. The number of hydrogen-bond donors (Lipinski definition) is 3. The van der Waals surface area contributed by atoms with Gasteiger partial charge in [-0.15, -0.1) is 0 Å². The van der Waals surface area contributed by atoms with E-state index in [1.54, 1.807) is 12.0 Å². The van der Waals surface area contributed by atoms with E-state index in [-0.39, 0.29) is 41.9 Å². The minimum Gasteiger partial charge on any atom is -0.497 e. The highest BCUT2D eigenvalue weighted by molar-refractivity contribution is 6.91. The molecule has 2 amide bonds. The smallest absolute Gasteiger partial charge is 0.268 e. The lowest BCUT2D eigenvalue weighted by Crippen LogP contribution is -2.51. The highest BCUT2D eigenvalue weighted by Gasteiger charge is 2.66. The van der Waals surface area contributed by atoms with E-state index in [2.05, 4.69) is 42.8 Å². The largest absolute Gasteiger partial charge is 0.497 e. The summed E-state index contributed by atoms with van der Waals surface area (Å²) in [6, 6.07) is 23.7. The van der Waals surface area contributed by atoms with Crippen LogP contribution in [-0.4, -0.2) is 57.9 Å². The maximum atomic E-state index is 14.9. The zero-order valence-electron chi connectivity index (χ0n) is 26.0. The number of hydrogen-bond acceptors (Lipinski definition) is 6. The lowest BCUT2D eigenvalue weighted by atomic mass is 9.82. The first-order valence-corrected chi connectivity index (χ1v) is 18.8. The number of anilines is 3. The maximum Gasteiger partial charge on any atom is 0.268 e. The summed E-state index contributed by atoms with van der Waals surface area (Å²) in [4.78, 5) is 29.9. The average Bonchev–Trinajstić information content (AvgIpc) is 3.48. The minimum atomic E-state index is -2.29. The zero-order chi connectivity index (χ0) is 31.1. The van der Waals surface area contributed by atoms with E-state index < -0.39 is 13.7 Å². The Balaban J connectivity index is 1.45. The molecule has 1 unspecified atom stereocenters. The van der Waals surface area contributed by atoms with Crippen molar-refractivity contribution in [1.29, 1.82) is 0 Å². The first-order valence-electron chi connectivity index (χ1n) is 15.7. The molecule has 2 saturated heterocycles. The number of ether oxygens (including phenoxy) is 2. The van der Waals surface area contributed by atoms with Crippen LogP contribution in [0.4, 0.5) is 17.1 Å². The van der Waals surface area contributed by atoms with Crippen LogP contribution in [0.1, 0.15) is 31.7 Å². The molecule has 44 heavy (non-hydrogen) atoms. The Kier molecular flexibility index (Phi) is 8.41. The van der Waals surface area contributed by atoms with Gasteiger partial charge in [-0.25, -0.2) is 0 Å². The first kappa shape index (κ1) is 30.5. The fourth-order valence-electron chi connectivity index (χ4n) is 7.87. The lowest BCUT2D eigenvalue weighted by Gasteiger charge is -2.37. The third kappa shape index (κ3) is 5.05. The second-order valence-corrected chi connectivity index (χ2v) is 17.6. The molecule has 6 rings (SSSR count). The van der Waals surface area contributed by atoms with Gasteiger partial charge in [0.2, 0.25) is 5.91 Å². The number of carbonyl (C=O) groups excluding carboxylic acids is 2. The maximum absolute atomic E-state index is 14.9. The normalized spacial score (nSPS) is 26.6. The van der Waals surface area contributed by atoms with Gasteiger partial charge in [0.1, 0.15) is 5.75 Å². The van der Waals surface area contributed by atoms with Gasteiger partial charge in [0, 0.05) is 36.0 Å². The van der Waals surface area contributed by atoms with Crippen molar-refractivity contribution in [2.45, 2.75) is 56.5 Å². The number of amides is 2. The second-order valence-electron chi connectivity index (χ2n) is 12.9. The van der Waals surface area contributed by atoms with Crippen molar-refractivity contribution < 1.29 is 24.2 Å². The molecule has 5 atom stereocenters. The number of aliphatic hydroxyl groups is 1. The Bertz CT molecular complexity index is 1510. The van der Waals surface area contributed by atoms with Gasteiger partial charge >= 0.3 is 0 Å². The van der Waals surface area contributed by atoms with Crippen molar-refractivity contribution in [2.75, 3.05) is 37.0 Å². The highest BCUT2D eigenvalue weighted by Crippen LogP contribution is 2.61. The number of nitrogens with zero attached hydrogens (tertiary/aromatic N) is 1. The number of piperidine rings is 1. The molecule has 0 radical (unpaired) electrons. The summed E-state index contributed by atoms with van der Waals surface area (Å²) in [6.07, 6.45) is 1.93. The SMILES string of the molecule is COc1ccc([Si](C)(C)[C@@H]2[C@@H](CCO)O[C@]3(C(=O)N(c4ccccc4)c4ccc(NC(=O)C5CCCNC5)cc43)[C@H]2C)cc1. The van der Waals surface area contributed by atoms with Gasteiger partial charge in [-0.1, -0.05) is 55.5 Å². The molecular formula is C35H43N3O5Si. The van der Waals surface area contributed by atoms with Crippen molar-refractivity contribution in [1.82, 2.24) is 5.32 Å². The molecule has 9 heteroatoms. The van der Waals surface area contributed by atoms with Gasteiger partial charge in [0.15, 0.2) is 5.60 Å². The van der Waals surface area contributed by atoms with Crippen LogP contribution in [0.15, 0.2) is 72.8 Å². The van der Waals surface area contributed by atoms with Crippen LogP contribution in [-0.2, 0) is 19.9 Å². The van der Waals surface area contributed by atoms with Gasteiger partial charge < -0.3 is 25.2 Å². The lowest BCUT2D eigenvalue weighted by molar-refractivity contribution is -0.145. The molecule has 3 heterocycles. The molecule has 0 aromatic heterocycles. The monoisotopic (exact) mass is 613 g/mol. The summed E-state index contributed by atoms with van der Waals surface area (Å²) in [5.74, 6) is 0.367. The number of carbonyl (C=O) groups is 2. The number of methoxy groups -OCH3 is 1. The number of nitrogens with one attached hydrogen (secondary N) is 2. The van der Waals surface area contributed by atoms with Gasteiger partial charge in [-0.2, -0.15) is 0 Å². The standard InChI is InChI=1S/C35H43N3O5Si/c1-23-32(44(3,4)28-15-13-27(42-2)14-16-28)31(18-20-39)43-35(23)29-21-25(37-33(40)24-9-8-19-36-22-24)12-17-30(29)38(34(35)41)26-10-6-5-7-11-26/h5-7,10-17,21,23-24,31-32,36,39H,8-9,18-20,22H2,1-4H3,(H,37,40)/t23-,24?,31+,32-,35+/m0/s1. The van der Waals surface area contributed by atoms with Crippen LogP contribution in [0, 0.1) is 11.8 Å². The fourth-order valence-corrected chi connectivity index (χ4v) is 11.9. The molecule has 8 nitrogen and oxygen atoms in total. The number of rotatable bonds is 8. The molecule has 3 N–H and O–H groups in total. The van der Waals surface area contributed by atoms with E-state index in [1.807, 2.05) is 60.7 Å². The first-order chi connectivity index (χ1) is 21.2. The van der Waals surface area contributed by atoms with Crippen molar-refractivity contribution in [3.63, 3.8) is 0 Å². The molecule has 2 fully saturated rings. The molecule has 232 valence electrons. The molecule has 1 spiro atoms. The van der Waals surface area contributed by atoms with Crippen molar-refractivity contribution in [2.24, 2.45) is 11.8 Å². The molecule has 3 aliphatic rings. The number of aliphatic hydroxyl groups excluding tert-OH is 1. The summed E-state index contributed by atoms with van der Waals surface area (Å²) in [6.45, 7) is 8.35. The van der Waals surface area contributed by atoms with Crippen LogP contribution in [0.2, 0.25) is 18.6 Å². The number of benzene rings is 3. The Hall–Kier alpha value is -3.50. The third-order valence-corrected chi connectivity index (χ3v) is 14.5. The summed E-state index contributed by atoms with van der Waals surface area (Å²) in [5, 5.41) is 17.9. The summed E-state index contributed by atoms with van der Waals surface area (Å²) >= 11 is 0. The zero-order valence-corrected chi connectivity index (χ0v) is 27.0. The van der Waals surface area contributed by atoms with E-state index in [0.717, 1.165) is 42.1 Å². The fraction of sp³-hybridized carbons (Fsp3) is 0.429. The molecule has 0 saturated carbocycles. The summed E-state index contributed by atoms with van der Waals surface area (Å²) in [5.41, 5.74) is 1.72. The van der Waals surface area contributed by atoms with Crippen molar-refractivity contribution in [3.8, 4) is 5.75 Å². The van der Waals surface area contributed by atoms with Gasteiger partial charge in [-0.3, -0.25) is 14.5 Å². The predicted octanol–water partition coefficient (Wildman–Crippen LogP) is 4.91. The molecule has 3 aliphatic heterocycles. The molecular weight excluding hydrogens is 570 g/mol. The van der Waals surface area contributed by atoms with Crippen molar-refractivity contribution >= 4 is 42.1 Å². The van der Waals surface area contributed by atoms with E-state index in [0.29, 0.717) is 18.7 Å². The quantitative estimate of drug-likeness (QED) is 0.312. The topological polar surface area (TPSA) is 100 Å². The van der Waals surface area contributed by atoms with E-state index in [1.165, 1.54) is 5.19 Å². The third-order valence-electron chi connectivity index (χ3n) is 10.1. The minimum absolute atomic E-state index is 0.0140.